The minimum atomic E-state index is 1.10. The number of aromatic nitrogens is 1. The lowest BCUT2D eigenvalue weighted by molar-refractivity contribution is 1.18. The number of anilines is 3. The van der Waals surface area contributed by atoms with Gasteiger partial charge in [0.25, 0.3) is 0 Å². The monoisotopic (exact) mass is 790 g/mol. The summed E-state index contributed by atoms with van der Waals surface area (Å²) >= 11 is 0. The van der Waals surface area contributed by atoms with Gasteiger partial charge in [-0.1, -0.05) is 188 Å². The Kier molecular flexibility index (Phi) is 9.57. The fraction of sp³-hybridized carbons (Fsp3) is 0. The van der Waals surface area contributed by atoms with Crippen molar-refractivity contribution in [3.63, 3.8) is 0 Å². The summed E-state index contributed by atoms with van der Waals surface area (Å²) in [4.78, 5) is 2.34. The molecule has 0 atom stereocenters. The van der Waals surface area contributed by atoms with Gasteiger partial charge >= 0.3 is 0 Å². The van der Waals surface area contributed by atoms with E-state index in [2.05, 4.69) is 264 Å². The fourth-order valence-corrected chi connectivity index (χ4v) is 8.88. The summed E-state index contributed by atoms with van der Waals surface area (Å²) in [5, 5.41) is 2.51. The zero-order valence-electron chi connectivity index (χ0n) is 34.1. The number of benzene rings is 10. The molecule has 0 aliphatic heterocycles. The van der Waals surface area contributed by atoms with Crippen molar-refractivity contribution in [1.82, 2.24) is 4.57 Å². The Morgan fingerprint density at radius 1 is 0.226 bits per heavy atom. The van der Waals surface area contributed by atoms with Crippen molar-refractivity contribution in [2.75, 3.05) is 4.90 Å². The maximum Gasteiger partial charge on any atom is 0.0547 e. The third-order valence-electron chi connectivity index (χ3n) is 12.0. The van der Waals surface area contributed by atoms with Crippen LogP contribution in [0.15, 0.2) is 255 Å². The fourth-order valence-electron chi connectivity index (χ4n) is 8.88. The highest BCUT2D eigenvalue weighted by Gasteiger charge is 2.16. The maximum atomic E-state index is 2.42. The molecule has 62 heavy (non-hydrogen) atoms. The molecule has 0 aliphatic rings. The molecule has 1 aromatic heterocycles. The quantitative estimate of drug-likeness (QED) is 0.141. The van der Waals surface area contributed by atoms with Crippen molar-refractivity contribution >= 4 is 38.9 Å². The number of hydrogen-bond acceptors (Lipinski definition) is 1. The highest BCUT2D eigenvalue weighted by atomic mass is 15.1. The SMILES string of the molecule is c1ccc(-c2ccc(N(c3ccc(-c4ccccc4)cc3)c3ccc(-c4cccc(-c5cccc(-n6c7ccccc7c7ccc(-c8ccccc8)cc76)c5)c4)cc3)cc2)cc1. The summed E-state index contributed by atoms with van der Waals surface area (Å²) in [7, 11) is 0. The molecular weight excluding hydrogens is 749 g/mol. The van der Waals surface area contributed by atoms with E-state index in [0.29, 0.717) is 0 Å². The second-order valence-electron chi connectivity index (χ2n) is 15.8. The molecular formula is C60H42N2. The predicted octanol–water partition coefficient (Wildman–Crippen LogP) is 16.6. The van der Waals surface area contributed by atoms with Crippen LogP contribution >= 0.6 is 0 Å². The van der Waals surface area contributed by atoms with Crippen molar-refractivity contribution in [1.29, 1.82) is 0 Å². The van der Waals surface area contributed by atoms with Crippen molar-refractivity contribution < 1.29 is 0 Å². The first kappa shape index (κ1) is 36.8. The third kappa shape index (κ3) is 7.04. The minimum Gasteiger partial charge on any atom is -0.311 e. The number of para-hydroxylation sites is 1. The van der Waals surface area contributed by atoms with Crippen LogP contribution in [-0.2, 0) is 0 Å². The zero-order valence-corrected chi connectivity index (χ0v) is 34.1. The van der Waals surface area contributed by atoms with Gasteiger partial charge in [-0.05, 0) is 122 Å². The Hall–Kier alpha value is -8.20. The molecule has 0 radical (unpaired) electrons. The average Bonchev–Trinajstić information content (AvgIpc) is 3.69. The van der Waals surface area contributed by atoms with Gasteiger partial charge in [0.1, 0.15) is 0 Å². The van der Waals surface area contributed by atoms with Crippen molar-refractivity contribution in [2.45, 2.75) is 0 Å². The number of fused-ring (bicyclic) bond motifs is 3. The van der Waals surface area contributed by atoms with Crippen molar-refractivity contribution in [3.05, 3.63) is 255 Å². The normalized spacial score (nSPS) is 11.2. The molecule has 10 aromatic carbocycles. The molecule has 11 rings (SSSR count). The second kappa shape index (κ2) is 16.1. The molecule has 0 bridgehead atoms. The van der Waals surface area contributed by atoms with E-state index in [1.807, 2.05) is 0 Å². The van der Waals surface area contributed by atoms with Gasteiger partial charge in [0, 0.05) is 33.5 Å². The van der Waals surface area contributed by atoms with Crippen LogP contribution in [0.4, 0.5) is 17.1 Å². The second-order valence-corrected chi connectivity index (χ2v) is 15.8. The standard InChI is InChI=1S/C60H42N2/c1-4-14-43(15-5-1)46-26-33-53(34-27-46)61(54-35-28-47(29-36-54)44-16-6-2-7-17-44)55-37-30-48(31-38-55)49-20-12-21-50(40-49)51-22-13-23-56(41-51)62-59-25-11-10-24-57(59)58-39-32-52(42-60(58)62)45-18-8-3-9-19-45/h1-42H. The van der Waals surface area contributed by atoms with Gasteiger partial charge in [-0.15, -0.1) is 0 Å². The summed E-state index contributed by atoms with van der Waals surface area (Å²) in [6, 6.07) is 92.0. The van der Waals surface area contributed by atoms with Crippen molar-refractivity contribution in [3.8, 4) is 61.3 Å². The molecule has 0 spiro atoms. The number of nitrogens with zero attached hydrogens (tertiary/aromatic N) is 2. The van der Waals surface area contributed by atoms with Gasteiger partial charge in [-0.2, -0.15) is 0 Å². The predicted molar refractivity (Wildman–Crippen MR) is 263 cm³/mol. The lowest BCUT2D eigenvalue weighted by atomic mass is 9.98. The molecule has 1 heterocycles. The lowest BCUT2D eigenvalue weighted by Gasteiger charge is -2.26. The van der Waals surface area contributed by atoms with Crippen LogP contribution < -0.4 is 4.90 Å². The minimum absolute atomic E-state index is 1.10. The van der Waals surface area contributed by atoms with Crippen molar-refractivity contribution in [2.24, 2.45) is 0 Å². The molecule has 2 heteroatoms. The molecule has 292 valence electrons. The summed E-state index contributed by atoms with van der Waals surface area (Å²) in [6.07, 6.45) is 0. The average molecular weight is 791 g/mol. The summed E-state index contributed by atoms with van der Waals surface area (Å²) in [6.45, 7) is 0. The Balaban J connectivity index is 0.932. The largest absolute Gasteiger partial charge is 0.311 e. The van der Waals surface area contributed by atoms with E-state index in [4.69, 9.17) is 0 Å². The van der Waals surface area contributed by atoms with Gasteiger partial charge in [-0.3, -0.25) is 0 Å². The molecule has 0 saturated carbocycles. The summed E-state index contributed by atoms with van der Waals surface area (Å²) < 4.78 is 2.42. The van der Waals surface area contributed by atoms with Crippen LogP contribution in [0, 0.1) is 0 Å². The van der Waals surface area contributed by atoms with E-state index in [1.54, 1.807) is 0 Å². The van der Waals surface area contributed by atoms with E-state index in [1.165, 1.54) is 77.4 Å². The molecule has 0 N–H and O–H groups in total. The van der Waals surface area contributed by atoms with Crippen LogP contribution in [0.3, 0.4) is 0 Å². The number of hydrogen-bond donors (Lipinski definition) is 0. The first-order valence-electron chi connectivity index (χ1n) is 21.2. The van der Waals surface area contributed by atoms with Crippen LogP contribution in [0.1, 0.15) is 0 Å². The molecule has 0 fully saturated rings. The van der Waals surface area contributed by atoms with Crippen LogP contribution in [0.2, 0.25) is 0 Å². The van der Waals surface area contributed by atoms with Crippen LogP contribution in [0.25, 0.3) is 83.1 Å². The van der Waals surface area contributed by atoms with E-state index in [9.17, 15) is 0 Å². The Bertz CT molecular complexity index is 3210. The molecule has 0 amide bonds. The maximum absolute atomic E-state index is 2.42. The van der Waals surface area contributed by atoms with Gasteiger partial charge in [-0.25, -0.2) is 0 Å². The topological polar surface area (TPSA) is 8.17 Å². The summed E-state index contributed by atoms with van der Waals surface area (Å²) in [5.41, 5.74) is 18.8. The molecule has 0 unspecified atom stereocenters. The van der Waals surface area contributed by atoms with E-state index in [-0.39, 0.29) is 0 Å². The molecule has 0 saturated heterocycles. The van der Waals surface area contributed by atoms with Gasteiger partial charge in [0.2, 0.25) is 0 Å². The lowest BCUT2D eigenvalue weighted by Crippen LogP contribution is -2.09. The third-order valence-corrected chi connectivity index (χ3v) is 12.0. The molecule has 0 aliphatic carbocycles. The number of rotatable bonds is 9. The van der Waals surface area contributed by atoms with Gasteiger partial charge < -0.3 is 9.47 Å². The van der Waals surface area contributed by atoms with Crippen LogP contribution in [-0.4, -0.2) is 4.57 Å². The zero-order chi connectivity index (χ0) is 41.2. The Morgan fingerprint density at radius 2 is 0.581 bits per heavy atom. The van der Waals surface area contributed by atoms with Crippen LogP contribution in [0.5, 0.6) is 0 Å². The first-order chi connectivity index (χ1) is 30.7. The highest BCUT2D eigenvalue weighted by Crippen LogP contribution is 2.39. The van der Waals surface area contributed by atoms with E-state index >= 15 is 0 Å². The Morgan fingerprint density at radius 3 is 1.13 bits per heavy atom. The highest BCUT2D eigenvalue weighted by molar-refractivity contribution is 6.10. The summed E-state index contributed by atoms with van der Waals surface area (Å²) in [5.74, 6) is 0. The molecule has 11 aromatic rings. The van der Waals surface area contributed by atoms with Gasteiger partial charge in [0.05, 0.1) is 11.0 Å². The molecule has 2 nitrogen and oxygen atoms in total. The van der Waals surface area contributed by atoms with E-state index < -0.39 is 0 Å². The van der Waals surface area contributed by atoms with Gasteiger partial charge in [0.15, 0.2) is 0 Å². The van der Waals surface area contributed by atoms with E-state index in [0.717, 1.165) is 22.7 Å². The smallest absolute Gasteiger partial charge is 0.0547 e. The first-order valence-corrected chi connectivity index (χ1v) is 21.2. The Labute approximate surface area is 362 Å².